The minimum atomic E-state index is -1.15. The Bertz CT molecular complexity index is 1550. The topological polar surface area (TPSA) is 176 Å². The Morgan fingerprint density at radius 2 is 1.65 bits per heavy atom. The molecule has 4 bridgehead atoms. The highest BCUT2D eigenvalue weighted by Gasteiger charge is 2.34. The number of ether oxygens (including phenoxy) is 4. The van der Waals surface area contributed by atoms with E-state index in [1.165, 1.54) is 26.2 Å². The number of Topliss-reactive ketones (excluding diaryl/α,β-unsaturated/α-hetero) is 1. The predicted octanol–water partition coefficient (Wildman–Crippen LogP) is 4.48. The molecule has 0 saturated heterocycles. The number of nitrogens with one attached hydrogen (secondary N) is 2. The number of likely N-dealkylation sites (N-methyl/N-ethyl adjacent to an activating group) is 1. The Morgan fingerprint density at radius 1 is 1.00 bits per heavy atom. The van der Waals surface area contributed by atoms with Crippen LogP contribution in [0.5, 0.6) is 11.5 Å². The van der Waals surface area contributed by atoms with Crippen molar-refractivity contribution in [1.82, 2.24) is 15.5 Å². The molecule has 3 rings (SSSR count). The van der Waals surface area contributed by atoms with Crippen molar-refractivity contribution in [2.75, 3.05) is 34.9 Å². The van der Waals surface area contributed by atoms with Gasteiger partial charge in [0.1, 0.15) is 23.1 Å². The van der Waals surface area contributed by atoms with Gasteiger partial charge >= 0.3 is 12.1 Å². The smallest absolute Gasteiger partial charge is 0.407 e. The molecule has 0 fully saturated rings. The molecule has 1 aliphatic heterocycles. The Hall–Kier alpha value is -4.65. The van der Waals surface area contributed by atoms with E-state index < -0.39 is 47.6 Å². The molecule has 0 unspecified atom stereocenters. The number of carbonyl (C=O) groups excluding carboxylic acids is 5. The molecule has 0 radical (unpaired) electrons. The second-order valence-corrected chi connectivity index (χ2v) is 13.9. The number of hydrogen-bond acceptors (Lipinski definition) is 10. The maximum Gasteiger partial charge on any atom is 0.407 e. The van der Waals surface area contributed by atoms with Crippen molar-refractivity contribution < 1.29 is 42.9 Å². The number of nitrogens with two attached hydrogens (primary N) is 1. The van der Waals surface area contributed by atoms with E-state index in [4.69, 9.17) is 24.7 Å². The van der Waals surface area contributed by atoms with Crippen LogP contribution in [-0.2, 0) is 35.1 Å². The summed E-state index contributed by atoms with van der Waals surface area (Å²) in [6.45, 7) is 7.30. The summed E-state index contributed by atoms with van der Waals surface area (Å²) in [5, 5.41) is 5.51. The van der Waals surface area contributed by atoms with Gasteiger partial charge in [-0.3, -0.25) is 19.2 Å². The van der Waals surface area contributed by atoms with E-state index in [1.807, 2.05) is 12.1 Å². The van der Waals surface area contributed by atoms with Crippen LogP contribution in [0, 0.1) is 5.92 Å². The van der Waals surface area contributed by atoms with Crippen molar-refractivity contribution in [3.05, 3.63) is 47.5 Å². The Morgan fingerprint density at radius 3 is 2.27 bits per heavy atom. The molecular formula is C38H54N4O9. The summed E-state index contributed by atoms with van der Waals surface area (Å²) in [5.41, 5.74) is 8.33. The average molecular weight is 711 g/mol. The summed E-state index contributed by atoms with van der Waals surface area (Å²) in [5.74, 6) is -1.04. The van der Waals surface area contributed by atoms with Crippen LogP contribution in [0.15, 0.2) is 36.4 Å². The number of esters is 1. The third-order valence-electron chi connectivity index (χ3n) is 8.84. The summed E-state index contributed by atoms with van der Waals surface area (Å²) in [6.07, 6.45) is 2.24. The van der Waals surface area contributed by atoms with Crippen LogP contribution in [0.4, 0.5) is 4.79 Å². The maximum absolute atomic E-state index is 14.1. The number of ketones is 1. The van der Waals surface area contributed by atoms with Gasteiger partial charge in [0.2, 0.25) is 11.8 Å². The molecule has 280 valence electrons. The molecular weight excluding hydrogens is 656 g/mol. The van der Waals surface area contributed by atoms with Gasteiger partial charge < -0.3 is 40.2 Å². The lowest BCUT2D eigenvalue weighted by Crippen LogP contribution is -2.50. The van der Waals surface area contributed by atoms with Crippen molar-refractivity contribution in [3.8, 4) is 22.6 Å². The number of amides is 3. The van der Waals surface area contributed by atoms with Gasteiger partial charge in [-0.15, -0.1) is 0 Å². The molecule has 1 heterocycles. The fraction of sp³-hybridized carbons (Fsp3) is 0.553. The number of carbonyl (C=O) groups is 5. The van der Waals surface area contributed by atoms with Crippen LogP contribution in [0.3, 0.4) is 0 Å². The van der Waals surface area contributed by atoms with Gasteiger partial charge in [-0.25, -0.2) is 4.79 Å². The second kappa shape index (κ2) is 18.5. The van der Waals surface area contributed by atoms with Gasteiger partial charge in [-0.05, 0) is 102 Å². The van der Waals surface area contributed by atoms with Crippen molar-refractivity contribution in [2.45, 2.75) is 96.4 Å². The minimum Gasteiger partial charge on any atom is -0.496 e. The molecule has 0 saturated carbocycles. The largest absolute Gasteiger partial charge is 0.496 e. The van der Waals surface area contributed by atoms with Crippen LogP contribution in [0.25, 0.3) is 11.1 Å². The molecule has 2 aromatic rings. The zero-order valence-corrected chi connectivity index (χ0v) is 31.1. The van der Waals surface area contributed by atoms with Crippen molar-refractivity contribution in [2.24, 2.45) is 11.7 Å². The van der Waals surface area contributed by atoms with Crippen LogP contribution in [-0.4, -0.2) is 87.2 Å². The van der Waals surface area contributed by atoms with E-state index in [0.717, 1.165) is 5.56 Å². The van der Waals surface area contributed by atoms with Gasteiger partial charge in [0, 0.05) is 31.1 Å². The zero-order valence-electron chi connectivity index (χ0n) is 31.1. The van der Waals surface area contributed by atoms with Gasteiger partial charge in [0.25, 0.3) is 0 Å². The molecule has 4 N–H and O–H groups in total. The highest BCUT2D eigenvalue weighted by atomic mass is 16.6. The third kappa shape index (κ3) is 11.4. The summed E-state index contributed by atoms with van der Waals surface area (Å²) in [4.78, 5) is 67.0. The van der Waals surface area contributed by atoms with Gasteiger partial charge in [-0.2, -0.15) is 0 Å². The van der Waals surface area contributed by atoms with Crippen molar-refractivity contribution >= 4 is 29.7 Å². The van der Waals surface area contributed by atoms with E-state index in [0.29, 0.717) is 73.3 Å². The standard InChI is InChI=1S/C38H54N4O9/c1-23-30(43)14-11-12-26(36(46)50-8)20-24-15-17-31(48-6)27(21-24)28-22-25(16-18-32(28)49-7)33(34(44)41-23)42(5)35(45)29(39)13-9-10-19-40-37(47)51-38(2,3)4/h15-18,21-23,26,29,33H,9-14,19-20,39H2,1-8H3,(H,40,47)(H,41,44)/t23-,26-,29-,33-/m0/s1. The van der Waals surface area contributed by atoms with E-state index in [9.17, 15) is 24.0 Å². The fourth-order valence-corrected chi connectivity index (χ4v) is 6.12. The first kappa shape index (κ1) is 40.8. The van der Waals surface area contributed by atoms with Crippen molar-refractivity contribution in [3.63, 3.8) is 0 Å². The first-order valence-corrected chi connectivity index (χ1v) is 17.3. The highest BCUT2D eigenvalue weighted by molar-refractivity contribution is 5.94. The number of rotatable bonds is 10. The molecule has 13 heteroatoms. The zero-order chi connectivity index (χ0) is 37.9. The van der Waals surface area contributed by atoms with Gasteiger partial charge in [0.15, 0.2) is 5.78 Å². The average Bonchev–Trinajstić information content (AvgIpc) is 3.08. The molecule has 0 aliphatic carbocycles. The van der Waals surface area contributed by atoms with E-state index in [2.05, 4.69) is 10.6 Å². The lowest BCUT2D eigenvalue weighted by molar-refractivity contribution is -0.145. The molecule has 2 aromatic carbocycles. The molecule has 51 heavy (non-hydrogen) atoms. The Balaban J connectivity index is 1.98. The molecule has 3 amide bonds. The van der Waals surface area contributed by atoms with Crippen LogP contribution in [0.2, 0.25) is 0 Å². The number of benzene rings is 2. The minimum absolute atomic E-state index is 0.141. The molecule has 0 spiro atoms. The van der Waals surface area contributed by atoms with E-state index in [-0.39, 0.29) is 18.2 Å². The molecule has 4 atom stereocenters. The number of methoxy groups -OCH3 is 3. The summed E-state index contributed by atoms with van der Waals surface area (Å²) >= 11 is 0. The lowest BCUT2D eigenvalue weighted by Gasteiger charge is -2.31. The van der Waals surface area contributed by atoms with Gasteiger partial charge in [-0.1, -0.05) is 12.1 Å². The first-order chi connectivity index (χ1) is 24.1. The van der Waals surface area contributed by atoms with Crippen molar-refractivity contribution in [1.29, 1.82) is 0 Å². The first-order valence-electron chi connectivity index (χ1n) is 17.3. The predicted molar refractivity (Wildman–Crippen MR) is 192 cm³/mol. The Kier molecular flexibility index (Phi) is 14.8. The molecule has 0 aromatic heterocycles. The molecule has 1 aliphatic rings. The number of fused-ring (bicyclic) bond motifs is 5. The van der Waals surface area contributed by atoms with Crippen LogP contribution in [0.1, 0.15) is 83.4 Å². The normalized spacial score (nSPS) is 18.9. The monoisotopic (exact) mass is 710 g/mol. The SMILES string of the molecule is COC(=O)[C@H]1CCCC(=O)[C@H](C)NC(=O)[C@@H](N(C)C(=O)[C@@H](N)CCCCNC(=O)OC(C)(C)C)c2ccc(OC)c(c2)-c2cc(ccc2OC)C1. The second-order valence-electron chi connectivity index (χ2n) is 13.9. The number of hydrogen-bond donors (Lipinski definition) is 3. The number of alkyl carbamates (subject to hydrolysis) is 1. The lowest BCUT2D eigenvalue weighted by atomic mass is 9.90. The van der Waals surface area contributed by atoms with Crippen LogP contribution >= 0.6 is 0 Å². The number of nitrogens with zero attached hydrogens (tertiary/aromatic N) is 1. The summed E-state index contributed by atoms with van der Waals surface area (Å²) in [6, 6.07) is 7.83. The summed E-state index contributed by atoms with van der Waals surface area (Å²) < 4.78 is 21.8. The fourth-order valence-electron chi connectivity index (χ4n) is 6.12. The quantitative estimate of drug-likeness (QED) is 0.236. The highest BCUT2D eigenvalue weighted by Crippen LogP contribution is 2.40. The van der Waals surface area contributed by atoms with Gasteiger partial charge in [0.05, 0.1) is 39.3 Å². The maximum atomic E-state index is 14.1. The van der Waals surface area contributed by atoms with E-state index in [1.54, 1.807) is 59.1 Å². The van der Waals surface area contributed by atoms with E-state index >= 15 is 0 Å². The molecule has 13 nitrogen and oxygen atoms in total. The summed E-state index contributed by atoms with van der Waals surface area (Å²) in [7, 11) is 5.94. The van der Waals surface area contributed by atoms with Crippen LogP contribution < -0.4 is 25.8 Å². The Labute approximate surface area is 300 Å². The third-order valence-corrected chi connectivity index (χ3v) is 8.84. The number of unbranched alkanes of at least 4 members (excludes halogenated alkanes) is 1.